The second kappa shape index (κ2) is 5.75. The number of aryl methyl sites for hydroxylation is 1. The van der Waals surface area contributed by atoms with E-state index in [0.717, 1.165) is 10.5 Å². The van der Waals surface area contributed by atoms with Crippen molar-refractivity contribution in [3.8, 4) is 0 Å². The standard InChI is InChI=1S/C14H15F3N2O2/c1-10-3-2-4-11(9-10)12(20)18-5-7-19(8-6-18)13(21)14(15,16)17/h2-4,9H,5-8H2,1H3. The van der Waals surface area contributed by atoms with Crippen LogP contribution in [0.1, 0.15) is 15.9 Å². The highest BCUT2D eigenvalue weighted by Gasteiger charge is 2.43. The molecule has 21 heavy (non-hydrogen) atoms. The molecule has 2 amide bonds. The van der Waals surface area contributed by atoms with Gasteiger partial charge in [0.2, 0.25) is 0 Å². The fourth-order valence-electron chi connectivity index (χ4n) is 2.25. The van der Waals surface area contributed by atoms with E-state index in [2.05, 4.69) is 0 Å². The number of hydrogen-bond donors (Lipinski definition) is 0. The van der Waals surface area contributed by atoms with Crippen LogP contribution in [0.5, 0.6) is 0 Å². The maximum absolute atomic E-state index is 12.3. The third kappa shape index (κ3) is 3.53. The summed E-state index contributed by atoms with van der Waals surface area (Å²) < 4.78 is 37.0. The van der Waals surface area contributed by atoms with E-state index in [1.807, 2.05) is 13.0 Å². The molecule has 0 atom stereocenters. The van der Waals surface area contributed by atoms with E-state index in [4.69, 9.17) is 0 Å². The molecule has 0 bridgehead atoms. The lowest BCUT2D eigenvalue weighted by Crippen LogP contribution is -2.53. The molecule has 1 heterocycles. The van der Waals surface area contributed by atoms with Crippen LogP contribution in [-0.4, -0.2) is 54.0 Å². The molecule has 1 aliphatic heterocycles. The van der Waals surface area contributed by atoms with Crippen LogP contribution in [0.4, 0.5) is 13.2 Å². The molecule has 0 aromatic heterocycles. The Morgan fingerprint density at radius 2 is 1.62 bits per heavy atom. The monoisotopic (exact) mass is 300 g/mol. The van der Waals surface area contributed by atoms with Gasteiger partial charge in [0.15, 0.2) is 0 Å². The summed E-state index contributed by atoms with van der Waals surface area (Å²) >= 11 is 0. The Balaban J connectivity index is 1.98. The van der Waals surface area contributed by atoms with E-state index in [0.29, 0.717) is 5.56 Å². The average molecular weight is 300 g/mol. The molecule has 0 N–H and O–H groups in total. The number of amides is 2. The third-order valence-electron chi connectivity index (χ3n) is 3.36. The molecule has 0 unspecified atom stereocenters. The highest BCUT2D eigenvalue weighted by atomic mass is 19.4. The molecule has 4 nitrogen and oxygen atoms in total. The van der Waals surface area contributed by atoms with Crippen molar-refractivity contribution in [3.05, 3.63) is 35.4 Å². The number of carbonyl (C=O) groups is 2. The van der Waals surface area contributed by atoms with E-state index in [1.165, 1.54) is 4.90 Å². The fraction of sp³-hybridized carbons (Fsp3) is 0.429. The zero-order valence-corrected chi connectivity index (χ0v) is 11.5. The van der Waals surface area contributed by atoms with Crippen LogP contribution in [-0.2, 0) is 4.79 Å². The Labute approximate surface area is 120 Å². The Morgan fingerprint density at radius 3 is 2.14 bits per heavy atom. The van der Waals surface area contributed by atoms with Crippen LogP contribution in [0, 0.1) is 6.92 Å². The molecule has 114 valence electrons. The lowest BCUT2D eigenvalue weighted by atomic mass is 10.1. The van der Waals surface area contributed by atoms with Crippen molar-refractivity contribution in [2.24, 2.45) is 0 Å². The highest BCUT2D eigenvalue weighted by molar-refractivity contribution is 5.94. The summed E-state index contributed by atoms with van der Waals surface area (Å²) in [5.74, 6) is -2.07. The van der Waals surface area contributed by atoms with Crippen molar-refractivity contribution in [2.75, 3.05) is 26.2 Å². The molecular formula is C14H15F3N2O2. The molecule has 1 saturated heterocycles. The predicted molar refractivity (Wildman–Crippen MR) is 69.7 cm³/mol. The molecule has 1 aromatic carbocycles. The zero-order valence-electron chi connectivity index (χ0n) is 11.5. The molecule has 1 aromatic rings. The van der Waals surface area contributed by atoms with Crippen LogP contribution in [0.15, 0.2) is 24.3 Å². The maximum Gasteiger partial charge on any atom is 0.471 e. The number of carbonyl (C=O) groups excluding carboxylic acids is 2. The molecule has 7 heteroatoms. The topological polar surface area (TPSA) is 40.6 Å². The normalized spacial score (nSPS) is 16.0. The molecular weight excluding hydrogens is 285 g/mol. The van der Waals surface area contributed by atoms with Gasteiger partial charge in [-0.25, -0.2) is 0 Å². The van der Waals surface area contributed by atoms with Gasteiger partial charge in [0.1, 0.15) is 0 Å². The van der Waals surface area contributed by atoms with E-state index < -0.39 is 12.1 Å². The minimum Gasteiger partial charge on any atom is -0.335 e. The van der Waals surface area contributed by atoms with Gasteiger partial charge in [0.25, 0.3) is 5.91 Å². The molecule has 1 aliphatic rings. The smallest absolute Gasteiger partial charge is 0.335 e. The summed E-state index contributed by atoms with van der Waals surface area (Å²) in [4.78, 5) is 25.5. The van der Waals surface area contributed by atoms with Gasteiger partial charge >= 0.3 is 12.1 Å². The quantitative estimate of drug-likeness (QED) is 0.794. The molecule has 2 rings (SSSR count). The van der Waals surface area contributed by atoms with Crippen molar-refractivity contribution >= 4 is 11.8 Å². The van der Waals surface area contributed by atoms with Crippen LogP contribution in [0.2, 0.25) is 0 Å². The number of nitrogens with zero attached hydrogens (tertiary/aromatic N) is 2. The summed E-state index contributed by atoms with van der Waals surface area (Å²) in [5, 5.41) is 0. The summed E-state index contributed by atoms with van der Waals surface area (Å²) in [7, 11) is 0. The second-order valence-electron chi connectivity index (χ2n) is 4.95. The number of piperazine rings is 1. The molecule has 0 spiro atoms. The second-order valence-corrected chi connectivity index (χ2v) is 4.95. The molecule has 0 saturated carbocycles. The first-order valence-electron chi connectivity index (χ1n) is 6.51. The van der Waals surface area contributed by atoms with Crippen molar-refractivity contribution in [3.63, 3.8) is 0 Å². The van der Waals surface area contributed by atoms with Gasteiger partial charge in [-0.3, -0.25) is 9.59 Å². The van der Waals surface area contributed by atoms with Crippen LogP contribution >= 0.6 is 0 Å². The third-order valence-corrected chi connectivity index (χ3v) is 3.36. The van der Waals surface area contributed by atoms with E-state index in [9.17, 15) is 22.8 Å². The van der Waals surface area contributed by atoms with Gasteiger partial charge in [-0.2, -0.15) is 13.2 Å². The van der Waals surface area contributed by atoms with Crippen molar-refractivity contribution < 1.29 is 22.8 Å². The summed E-state index contributed by atoms with van der Waals surface area (Å²) in [6.45, 7) is 1.87. The van der Waals surface area contributed by atoms with E-state index >= 15 is 0 Å². The first kappa shape index (κ1) is 15.3. The first-order valence-corrected chi connectivity index (χ1v) is 6.51. The Bertz CT molecular complexity index is 549. The van der Waals surface area contributed by atoms with Crippen molar-refractivity contribution in [1.29, 1.82) is 0 Å². The molecule has 1 fully saturated rings. The number of halogens is 3. The predicted octanol–water partition coefficient (Wildman–Crippen LogP) is 1.84. The molecule has 0 aliphatic carbocycles. The summed E-state index contributed by atoms with van der Waals surface area (Å²) in [6, 6.07) is 7.01. The van der Waals surface area contributed by atoms with Crippen molar-refractivity contribution in [2.45, 2.75) is 13.1 Å². The Morgan fingerprint density at radius 1 is 1.05 bits per heavy atom. The Kier molecular flexibility index (Phi) is 4.20. The number of benzene rings is 1. The average Bonchev–Trinajstić information content (AvgIpc) is 2.45. The Hall–Kier alpha value is -2.05. The SMILES string of the molecule is Cc1cccc(C(=O)N2CCN(C(=O)C(F)(F)F)CC2)c1. The van der Waals surface area contributed by atoms with E-state index in [-0.39, 0.29) is 32.1 Å². The first-order chi connectivity index (χ1) is 9.79. The lowest BCUT2D eigenvalue weighted by Gasteiger charge is -2.35. The fourth-order valence-corrected chi connectivity index (χ4v) is 2.25. The van der Waals surface area contributed by atoms with Gasteiger partial charge in [0, 0.05) is 31.7 Å². The van der Waals surface area contributed by atoms with Gasteiger partial charge in [0.05, 0.1) is 0 Å². The van der Waals surface area contributed by atoms with Crippen LogP contribution in [0.3, 0.4) is 0 Å². The van der Waals surface area contributed by atoms with Gasteiger partial charge < -0.3 is 9.80 Å². The number of rotatable bonds is 1. The van der Waals surface area contributed by atoms with Gasteiger partial charge in [-0.15, -0.1) is 0 Å². The van der Waals surface area contributed by atoms with Gasteiger partial charge in [-0.05, 0) is 19.1 Å². The minimum atomic E-state index is -4.86. The number of hydrogen-bond acceptors (Lipinski definition) is 2. The van der Waals surface area contributed by atoms with E-state index in [1.54, 1.807) is 18.2 Å². The number of alkyl halides is 3. The van der Waals surface area contributed by atoms with Crippen LogP contribution in [0.25, 0.3) is 0 Å². The largest absolute Gasteiger partial charge is 0.471 e. The zero-order chi connectivity index (χ0) is 15.6. The maximum atomic E-state index is 12.3. The summed E-state index contributed by atoms with van der Waals surface area (Å²) in [5.41, 5.74) is 1.44. The molecule has 0 radical (unpaired) electrons. The van der Waals surface area contributed by atoms with Gasteiger partial charge in [-0.1, -0.05) is 17.7 Å². The van der Waals surface area contributed by atoms with Crippen molar-refractivity contribution in [1.82, 2.24) is 9.80 Å². The lowest BCUT2D eigenvalue weighted by molar-refractivity contribution is -0.186. The summed E-state index contributed by atoms with van der Waals surface area (Å²) in [6.07, 6.45) is -4.86. The minimum absolute atomic E-state index is 0.101. The van der Waals surface area contributed by atoms with Crippen LogP contribution < -0.4 is 0 Å². The highest BCUT2D eigenvalue weighted by Crippen LogP contribution is 2.20.